The van der Waals surface area contributed by atoms with Crippen molar-refractivity contribution in [3.8, 4) is 56.4 Å². The lowest BCUT2D eigenvalue weighted by atomic mass is 9.50. The Morgan fingerprint density at radius 1 is 0.312 bits per heavy atom. The van der Waals surface area contributed by atoms with Gasteiger partial charge in [-0.3, -0.25) is 0 Å². The van der Waals surface area contributed by atoms with Crippen LogP contribution in [0.3, 0.4) is 0 Å². The van der Waals surface area contributed by atoms with Crippen LogP contribution < -0.4 is 18.9 Å². The third-order valence-corrected chi connectivity index (χ3v) is 22.7. The molecule has 0 aliphatic heterocycles. The van der Waals surface area contributed by atoms with Crippen LogP contribution in [0.15, 0.2) is 146 Å². The fraction of sp³-hybridized carbons (Fsp3) is 0.435. The first-order chi connectivity index (χ1) is 46.1. The number of benzene rings is 8. The first-order valence-corrected chi connectivity index (χ1v) is 37.0. The van der Waals surface area contributed by atoms with Gasteiger partial charge in [0.25, 0.3) is 0 Å². The van der Waals surface area contributed by atoms with Gasteiger partial charge in [-0.15, -0.1) is 0 Å². The lowest BCUT2D eigenvalue weighted by Crippen LogP contribution is -2.48. The molecule has 8 aromatic carbocycles. The summed E-state index contributed by atoms with van der Waals surface area (Å²) in [4.78, 5) is 0. The molecule has 4 heteroatoms. The van der Waals surface area contributed by atoms with E-state index >= 15 is 0 Å². The molecule has 0 amide bonds. The molecule has 11 rings (SSSR count). The average Bonchev–Trinajstić information content (AvgIpc) is 1.45. The lowest BCUT2D eigenvalue weighted by Gasteiger charge is -2.53. The zero-order valence-corrected chi connectivity index (χ0v) is 62.0. The lowest BCUT2D eigenvalue weighted by molar-refractivity contribution is 0.207. The third kappa shape index (κ3) is 14.2. The number of hydrogen-bond acceptors (Lipinski definition) is 4. The smallest absolute Gasteiger partial charge is 0.161 e. The van der Waals surface area contributed by atoms with Gasteiger partial charge in [-0.1, -0.05) is 316 Å². The molecule has 3 aliphatic carbocycles. The molecule has 6 atom stereocenters. The van der Waals surface area contributed by atoms with E-state index in [1.165, 1.54) is 150 Å². The van der Waals surface area contributed by atoms with Crippen LogP contribution in [-0.4, -0.2) is 26.4 Å². The van der Waals surface area contributed by atoms with Crippen molar-refractivity contribution in [1.82, 2.24) is 0 Å². The number of ether oxygens (including phenoxy) is 4. The van der Waals surface area contributed by atoms with Crippen LogP contribution in [0.5, 0.6) is 23.0 Å². The van der Waals surface area contributed by atoms with Gasteiger partial charge < -0.3 is 18.9 Å². The van der Waals surface area contributed by atoms with Gasteiger partial charge >= 0.3 is 0 Å². The highest BCUT2D eigenvalue weighted by atomic mass is 16.5. The first-order valence-electron chi connectivity index (χ1n) is 37.0. The first kappa shape index (κ1) is 71.2. The highest BCUT2D eigenvalue weighted by molar-refractivity contribution is 5.93. The Morgan fingerprint density at radius 3 is 0.969 bits per heavy atom. The molecule has 506 valence electrons. The Hall–Kier alpha value is -7.56. The Morgan fingerprint density at radius 2 is 0.604 bits per heavy atom. The summed E-state index contributed by atoms with van der Waals surface area (Å²) in [5, 5.41) is 0. The minimum absolute atomic E-state index is 0.0491. The molecular weight excluding hydrogens is 1170 g/mol. The van der Waals surface area contributed by atoms with Crippen LogP contribution in [0.2, 0.25) is 0 Å². The summed E-state index contributed by atoms with van der Waals surface area (Å²) < 4.78 is 27.1. The van der Waals surface area contributed by atoms with Crippen molar-refractivity contribution >= 4 is 24.3 Å². The third-order valence-electron chi connectivity index (χ3n) is 22.7. The Bertz CT molecular complexity index is 3840. The fourth-order valence-corrected chi connectivity index (χ4v) is 15.2. The number of fused-ring (bicyclic) bond motifs is 12. The molecule has 8 aromatic rings. The maximum atomic E-state index is 6.81. The van der Waals surface area contributed by atoms with E-state index in [4.69, 9.17) is 18.9 Å². The topological polar surface area (TPSA) is 36.9 Å². The van der Waals surface area contributed by atoms with Gasteiger partial charge in [0.1, 0.15) is 0 Å². The summed E-state index contributed by atoms with van der Waals surface area (Å²) in [5.74, 6) is 4.98. The molecule has 0 fully saturated rings. The van der Waals surface area contributed by atoms with Crippen molar-refractivity contribution < 1.29 is 18.9 Å². The van der Waals surface area contributed by atoms with E-state index in [1.807, 2.05) is 0 Å². The second kappa shape index (κ2) is 30.5. The standard InChI is InChI=1S/C50H66O4.C42H48/c1-13-31(5)27-51-45-23-39-40-24-46(52-28-32(6)14-2)48(54-30-34(8)16-4)26-44(40)50(43(39)25-47(45)53-29-33(7)15-3)42-22-36(10)18-20-38(42)37-19-17-35(9)21-41(37)49(50,11)12;1-7-9-27-41(5)39-29-35(21-19-33-15-11-31(3)12-16-33)23-25-37(39)38-26-24-36(22-20-34-17-13-32(4)14-18-34)30-40(38)42(41,6)28-10-8-2/h17-26,31-34H,13-16,27-30H2,1-12H3;11-26,29-30H,7-10,27-28H2,1-6H3/b;21-19+,22-20+. The van der Waals surface area contributed by atoms with E-state index in [0.29, 0.717) is 50.1 Å². The Balaban J connectivity index is 0.000000215. The van der Waals surface area contributed by atoms with Crippen LogP contribution in [0.25, 0.3) is 57.7 Å². The predicted molar refractivity (Wildman–Crippen MR) is 412 cm³/mol. The van der Waals surface area contributed by atoms with Gasteiger partial charge in [-0.25, -0.2) is 0 Å². The molecule has 96 heavy (non-hydrogen) atoms. The van der Waals surface area contributed by atoms with Gasteiger partial charge in [0.05, 0.1) is 31.8 Å². The van der Waals surface area contributed by atoms with Crippen LogP contribution >= 0.6 is 0 Å². The number of hydrogen-bond donors (Lipinski definition) is 0. The highest BCUT2D eigenvalue weighted by Crippen LogP contribution is 2.68. The van der Waals surface area contributed by atoms with Gasteiger partial charge in [0.15, 0.2) is 23.0 Å². The summed E-state index contributed by atoms with van der Waals surface area (Å²) >= 11 is 0. The highest BCUT2D eigenvalue weighted by Gasteiger charge is 2.59. The zero-order valence-electron chi connectivity index (χ0n) is 62.0. The molecule has 0 bridgehead atoms. The largest absolute Gasteiger partial charge is 0.489 e. The molecule has 0 saturated carbocycles. The summed E-state index contributed by atoms with van der Waals surface area (Å²) in [7, 11) is 0. The Labute approximate surface area is 580 Å². The van der Waals surface area contributed by atoms with Crippen LogP contribution in [-0.2, 0) is 21.7 Å². The predicted octanol–water partition coefficient (Wildman–Crippen LogP) is 25.5. The Kier molecular flexibility index (Phi) is 22.6. The second-order valence-corrected chi connectivity index (χ2v) is 30.4. The zero-order chi connectivity index (χ0) is 68.7. The maximum Gasteiger partial charge on any atom is 0.161 e. The van der Waals surface area contributed by atoms with Gasteiger partial charge in [-0.05, 0) is 177 Å². The van der Waals surface area contributed by atoms with Crippen molar-refractivity contribution in [3.63, 3.8) is 0 Å². The van der Waals surface area contributed by atoms with E-state index in [2.05, 4.69) is 295 Å². The average molecular weight is 1280 g/mol. The van der Waals surface area contributed by atoms with E-state index < -0.39 is 5.41 Å². The van der Waals surface area contributed by atoms with Gasteiger partial charge in [-0.2, -0.15) is 0 Å². The number of aryl methyl sites for hydroxylation is 4. The van der Waals surface area contributed by atoms with E-state index in [0.717, 1.165) is 48.7 Å². The van der Waals surface area contributed by atoms with E-state index in [9.17, 15) is 0 Å². The summed E-state index contributed by atoms with van der Waals surface area (Å²) in [6, 6.07) is 55.4. The molecule has 3 aliphatic rings. The molecule has 1 spiro atoms. The van der Waals surface area contributed by atoms with Gasteiger partial charge in [0.2, 0.25) is 0 Å². The van der Waals surface area contributed by atoms with Crippen molar-refractivity contribution in [1.29, 1.82) is 0 Å². The number of rotatable bonds is 26. The molecule has 0 heterocycles. The fourth-order valence-electron chi connectivity index (χ4n) is 15.2. The molecule has 0 N–H and O–H groups in total. The SMILES string of the molecule is CCC(C)COc1cc2c(cc1OCC(C)CC)C1(c3cc(C)ccc3-c3ccc(C)cc3C1(C)C)c1cc(OCC(C)CC)c(OCC(C)CC)cc1-2.CCCCC1(C)c2cc(/C=C/c3ccc(C)cc3)ccc2-c2ccc(/C=C/c3ccc(C)cc3)cc2C1(C)CCCC. The van der Waals surface area contributed by atoms with Crippen LogP contribution in [0, 0.1) is 51.4 Å². The normalized spacial score (nSPS) is 19.1. The summed E-state index contributed by atoms with van der Waals surface area (Å²) in [6.45, 7) is 43.9. The minimum Gasteiger partial charge on any atom is -0.489 e. The van der Waals surface area contributed by atoms with Crippen molar-refractivity contribution in [2.24, 2.45) is 23.7 Å². The van der Waals surface area contributed by atoms with E-state index in [1.54, 1.807) is 0 Å². The summed E-state index contributed by atoms with van der Waals surface area (Å²) in [6.07, 6.45) is 20.6. The van der Waals surface area contributed by atoms with Crippen molar-refractivity contribution in [2.45, 2.75) is 210 Å². The molecular formula is C92H114O4. The number of unbranched alkanes of at least 4 members (excludes halogenated alkanes) is 2. The monoisotopic (exact) mass is 1280 g/mol. The van der Waals surface area contributed by atoms with Crippen molar-refractivity contribution in [2.75, 3.05) is 26.4 Å². The maximum absolute atomic E-state index is 6.81. The molecule has 4 nitrogen and oxygen atoms in total. The van der Waals surface area contributed by atoms with Crippen LogP contribution in [0.4, 0.5) is 0 Å². The second-order valence-electron chi connectivity index (χ2n) is 30.4. The van der Waals surface area contributed by atoms with E-state index in [-0.39, 0.29) is 16.2 Å². The van der Waals surface area contributed by atoms with Gasteiger partial charge in [0, 0.05) is 16.2 Å². The molecule has 0 saturated heterocycles. The van der Waals surface area contributed by atoms with Crippen molar-refractivity contribution in [3.05, 3.63) is 223 Å². The van der Waals surface area contributed by atoms with Crippen LogP contribution in [0.1, 0.15) is 239 Å². The molecule has 0 radical (unpaired) electrons. The summed E-state index contributed by atoms with van der Waals surface area (Å²) in [5.41, 5.74) is 25.4. The minimum atomic E-state index is -0.562. The molecule has 6 unspecified atom stereocenters. The quantitative estimate of drug-likeness (QED) is 0.0506. The molecule has 0 aromatic heterocycles.